The summed E-state index contributed by atoms with van der Waals surface area (Å²) in [4.78, 5) is 17.4. The summed E-state index contributed by atoms with van der Waals surface area (Å²) in [6, 6.07) is 26.6. The molecule has 0 unspecified atom stereocenters. The van der Waals surface area contributed by atoms with Crippen LogP contribution in [0, 0.1) is 5.82 Å². The maximum atomic E-state index is 14.5. The molecule has 6 aromatic rings. The number of nitrogens with zero attached hydrogens (tertiary/aromatic N) is 5. The molecule has 7 nitrogen and oxygen atoms in total. The van der Waals surface area contributed by atoms with Crippen LogP contribution in [-0.2, 0) is 13.0 Å². The molecule has 2 aromatic heterocycles. The second-order valence-electron chi connectivity index (χ2n) is 9.33. The average Bonchev–Trinajstić information content (AvgIpc) is 3.63. The van der Waals surface area contributed by atoms with Gasteiger partial charge in [0.1, 0.15) is 23.0 Å². The lowest BCUT2D eigenvalue weighted by atomic mass is 9.98. The lowest BCUT2D eigenvalue weighted by Crippen LogP contribution is -2.08. The van der Waals surface area contributed by atoms with Gasteiger partial charge in [0.2, 0.25) is 5.82 Å². The number of imidazole rings is 1. The summed E-state index contributed by atoms with van der Waals surface area (Å²) >= 11 is 0. The summed E-state index contributed by atoms with van der Waals surface area (Å²) in [5.74, 6) is 1.07. The Morgan fingerprint density at radius 1 is 0.872 bits per heavy atom. The highest BCUT2D eigenvalue weighted by Gasteiger charge is 2.20. The Bertz CT molecular complexity index is 1770. The molecular weight excluding hydrogens is 491 g/mol. The van der Waals surface area contributed by atoms with Gasteiger partial charge in [0.25, 0.3) is 0 Å². The van der Waals surface area contributed by atoms with Crippen LogP contribution in [0.2, 0.25) is 0 Å². The highest BCUT2D eigenvalue weighted by molar-refractivity contribution is 5.99. The van der Waals surface area contributed by atoms with Gasteiger partial charge in [0.15, 0.2) is 6.29 Å². The van der Waals surface area contributed by atoms with Crippen molar-refractivity contribution in [1.29, 1.82) is 0 Å². The second kappa shape index (κ2) is 10.4. The van der Waals surface area contributed by atoms with Gasteiger partial charge in [-0.3, -0.25) is 4.79 Å². The Kier molecular flexibility index (Phi) is 6.50. The van der Waals surface area contributed by atoms with E-state index in [1.54, 1.807) is 18.2 Å². The van der Waals surface area contributed by atoms with Crippen molar-refractivity contribution in [1.82, 2.24) is 30.2 Å². The van der Waals surface area contributed by atoms with Gasteiger partial charge in [-0.1, -0.05) is 79.7 Å². The van der Waals surface area contributed by atoms with E-state index < -0.39 is 0 Å². The van der Waals surface area contributed by atoms with Crippen molar-refractivity contribution >= 4 is 17.1 Å². The van der Waals surface area contributed by atoms with Crippen molar-refractivity contribution in [2.24, 2.45) is 0 Å². The number of rotatable bonds is 8. The van der Waals surface area contributed by atoms with E-state index in [-0.39, 0.29) is 5.82 Å². The smallest absolute Gasteiger partial charge is 0.205 e. The number of benzene rings is 4. The van der Waals surface area contributed by atoms with Crippen LogP contribution in [0.15, 0.2) is 84.9 Å². The van der Waals surface area contributed by atoms with Crippen LogP contribution in [-0.4, -0.2) is 36.5 Å². The van der Waals surface area contributed by atoms with Crippen molar-refractivity contribution in [3.05, 3.63) is 108 Å². The molecule has 0 aliphatic carbocycles. The van der Waals surface area contributed by atoms with Crippen LogP contribution >= 0.6 is 0 Å². The lowest BCUT2D eigenvalue weighted by Gasteiger charge is -2.12. The first-order chi connectivity index (χ1) is 19.2. The van der Waals surface area contributed by atoms with Gasteiger partial charge in [-0.25, -0.2) is 9.37 Å². The van der Waals surface area contributed by atoms with Crippen molar-refractivity contribution in [2.45, 2.75) is 26.3 Å². The molecule has 0 saturated heterocycles. The molecule has 0 spiro atoms. The zero-order valence-electron chi connectivity index (χ0n) is 21.3. The summed E-state index contributed by atoms with van der Waals surface area (Å²) in [7, 11) is 0. The minimum atomic E-state index is -0.295. The summed E-state index contributed by atoms with van der Waals surface area (Å²) in [5.41, 5.74) is 5.75. The molecule has 1 N–H and O–H groups in total. The highest BCUT2D eigenvalue weighted by atomic mass is 19.1. The number of H-pyrrole nitrogens is 1. The number of fused-ring (bicyclic) bond motifs is 1. The maximum absolute atomic E-state index is 14.5. The van der Waals surface area contributed by atoms with Crippen molar-refractivity contribution in [3.8, 4) is 33.8 Å². The number of aromatic amines is 1. The largest absolute Gasteiger partial charge is 0.321 e. The first kappa shape index (κ1) is 24.4. The Labute approximate surface area is 224 Å². The third-order valence-electron chi connectivity index (χ3n) is 6.92. The molecular formula is C31H25FN6O. The van der Waals surface area contributed by atoms with Gasteiger partial charge in [0, 0.05) is 29.5 Å². The van der Waals surface area contributed by atoms with Gasteiger partial charge in [0.05, 0.1) is 0 Å². The SMILES string of the molecule is CCCc1nc(-c2ccc(F)c3ccccc23)c(C=O)n1Cc1ccc(-c2ccccc2-c2nn[nH]n2)cc1. The molecule has 0 radical (unpaired) electrons. The summed E-state index contributed by atoms with van der Waals surface area (Å²) in [6.07, 6.45) is 2.45. The van der Waals surface area contributed by atoms with E-state index in [9.17, 15) is 9.18 Å². The normalized spacial score (nSPS) is 11.2. The molecule has 0 fully saturated rings. The quantitative estimate of drug-likeness (QED) is 0.233. The predicted octanol–water partition coefficient (Wildman–Crippen LogP) is 6.50. The number of hydrogen-bond donors (Lipinski definition) is 1. The first-order valence-corrected chi connectivity index (χ1v) is 12.8. The molecule has 2 heterocycles. The molecule has 6 rings (SSSR count). The number of carbonyl (C=O) groups excluding carboxylic acids is 1. The fourth-order valence-electron chi connectivity index (χ4n) is 5.07. The fourth-order valence-corrected chi connectivity index (χ4v) is 5.07. The van der Waals surface area contributed by atoms with Crippen molar-refractivity contribution < 1.29 is 9.18 Å². The molecule has 4 aromatic carbocycles. The zero-order chi connectivity index (χ0) is 26.8. The average molecular weight is 517 g/mol. The minimum absolute atomic E-state index is 0.295. The van der Waals surface area contributed by atoms with Gasteiger partial charge in [-0.15, -0.1) is 10.2 Å². The summed E-state index contributed by atoms with van der Waals surface area (Å²) in [6.45, 7) is 2.57. The number of aldehydes is 1. The van der Waals surface area contributed by atoms with E-state index >= 15 is 0 Å². The molecule has 0 bridgehead atoms. The van der Waals surface area contributed by atoms with Crippen LogP contribution in [0.3, 0.4) is 0 Å². The predicted molar refractivity (Wildman–Crippen MR) is 149 cm³/mol. The molecule has 0 saturated carbocycles. The molecule has 8 heteroatoms. The monoisotopic (exact) mass is 516 g/mol. The minimum Gasteiger partial charge on any atom is -0.321 e. The van der Waals surface area contributed by atoms with Crippen LogP contribution in [0.1, 0.15) is 35.2 Å². The van der Waals surface area contributed by atoms with Gasteiger partial charge in [-0.2, -0.15) is 5.21 Å². The van der Waals surface area contributed by atoms with Gasteiger partial charge < -0.3 is 4.57 Å². The second-order valence-corrected chi connectivity index (χ2v) is 9.33. The Morgan fingerprint density at radius 2 is 1.62 bits per heavy atom. The number of carbonyl (C=O) groups is 1. The molecule has 0 aliphatic rings. The van der Waals surface area contributed by atoms with E-state index in [4.69, 9.17) is 4.98 Å². The Hall–Kier alpha value is -4.98. The number of halogens is 1. The third kappa shape index (κ3) is 4.50. The van der Waals surface area contributed by atoms with Crippen molar-refractivity contribution in [3.63, 3.8) is 0 Å². The van der Waals surface area contributed by atoms with E-state index in [1.165, 1.54) is 6.07 Å². The molecule has 39 heavy (non-hydrogen) atoms. The highest BCUT2D eigenvalue weighted by Crippen LogP contribution is 2.33. The maximum Gasteiger partial charge on any atom is 0.205 e. The van der Waals surface area contributed by atoms with Crippen molar-refractivity contribution in [2.75, 3.05) is 0 Å². The Balaban J connectivity index is 1.39. The number of aryl methyl sites for hydroxylation is 1. The molecule has 0 atom stereocenters. The van der Waals surface area contributed by atoms with E-state index in [0.29, 0.717) is 29.1 Å². The first-order valence-electron chi connectivity index (χ1n) is 12.8. The standard InChI is InChI=1S/C31H25FN6O/c1-2-7-29-33-30(25-16-17-27(32)24-10-5-4-9-23(24)25)28(19-39)38(29)18-20-12-14-21(15-13-20)22-8-3-6-11-26(22)31-34-36-37-35-31/h3-6,8-17,19H,2,7,18H2,1H3,(H,34,35,36,37). The van der Waals surface area contributed by atoms with Crippen LogP contribution < -0.4 is 0 Å². The van der Waals surface area contributed by atoms with Crippen LogP contribution in [0.5, 0.6) is 0 Å². The number of hydrogen-bond acceptors (Lipinski definition) is 5. The van der Waals surface area contributed by atoms with E-state index in [2.05, 4.69) is 51.8 Å². The lowest BCUT2D eigenvalue weighted by molar-refractivity contribution is 0.111. The fraction of sp³-hybridized carbons (Fsp3) is 0.129. The number of aromatic nitrogens is 6. The van der Waals surface area contributed by atoms with Gasteiger partial charge in [-0.05, 0) is 45.8 Å². The summed E-state index contributed by atoms with van der Waals surface area (Å²) in [5, 5.41) is 15.7. The topological polar surface area (TPSA) is 89.4 Å². The Morgan fingerprint density at radius 3 is 2.33 bits per heavy atom. The molecule has 192 valence electrons. The van der Waals surface area contributed by atoms with E-state index in [0.717, 1.165) is 58.2 Å². The van der Waals surface area contributed by atoms with Crippen LogP contribution in [0.25, 0.3) is 44.5 Å². The molecule has 0 aliphatic heterocycles. The zero-order valence-corrected chi connectivity index (χ0v) is 21.3. The van der Waals surface area contributed by atoms with Gasteiger partial charge >= 0.3 is 0 Å². The van der Waals surface area contributed by atoms with Crippen LogP contribution in [0.4, 0.5) is 4.39 Å². The number of nitrogens with one attached hydrogen (secondary N) is 1. The summed E-state index contributed by atoms with van der Waals surface area (Å²) < 4.78 is 16.5. The van der Waals surface area contributed by atoms with E-state index in [1.807, 2.05) is 41.0 Å². The third-order valence-corrected chi connectivity index (χ3v) is 6.92. The number of tetrazole rings is 1. The molecule has 0 amide bonds.